The lowest BCUT2D eigenvalue weighted by atomic mass is 10.0. The van der Waals surface area contributed by atoms with Crippen molar-refractivity contribution in [3.8, 4) is 0 Å². The third-order valence-corrected chi connectivity index (χ3v) is 8.06. The lowest BCUT2D eigenvalue weighted by molar-refractivity contribution is 0.00852. The molecule has 0 unspecified atom stereocenters. The molecule has 228 valence electrons. The Labute approximate surface area is 250 Å². The van der Waals surface area contributed by atoms with Crippen LogP contribution >= 0.6 is 0 Å². The van der Waals surface area contributed by atoms with Crippen molar-refractivity contribution >= 4 is 51.1 Å². The van der Waals surface area contributed by atoms with Gasteiger partial charge in [-0.3, -0.25) is 9.59 Å². The summed E-state index contributed by atoms with van der Waals surface area (Å²) in [6.45, 7) is 8.79. The highest BCUT2D eigenvalue weighted by Gasteiger charge is 2.36. The van der Waals surface area contributed by atoms with Crippen LogP contribution in [0, 0.1) is 0 Å². The number of nitrogens with zero attached hydrogens (tertiary/aromatic N) is 3. The van der Waals surface area contributed by atoms with Crippen molar-refractivity contribution in [2.75, 3.05) is 50.1 Å². The number of nitrogens with one attached hydrogen (secondary N) is 3. The highest BCUT2D eigenvalue weighted by Crippen LogP contribution is 2.32. The van der Waals surface area contributed by atoms with E-state index in [1.807, 2.05) is 58.3 Å². The average Bonchev–Trinajstić information content (AvgIpc) is 3.54. The van der Waals surface area contributed by atoms with Crippen LogP contribution in [0.4, 0.5) is 16.2 Å². The summed E-state index contributed by atoms with van der Waals surface area (Å²) in [6.07, 6.45) is 3.35. The van der Waals surface area contributed by atoms with Gasteiger partial charge in [0.2, 0.25) is 0 Å². The van der Waals surface area contributed by atoms with Gasteiger partial charge in [-0.05, 0) is 57.2 Å². The van der Waals surface area contributed by atoms with E-state index in [1.165, 1.54) is 0 Å². The van der Waals surface area contributed by atoms with Crippen LogP contribution in [0.25, 0.3) is 21.8 Å². The minimum Gasteiger partial charge on any atom is -0.444 e. The number of likely N-dealkylation sites (tertiary alicyclic amines) is 1. The Morgan fingerprint density at radius 2 is 1.26 bits per heavy atom. The van der Waals surface area contributed by atoms with E-state index in [4.69, 9.17) is 16.2 Å². The van der Waals surface area contributed by atoms with Crippen LogP contribution < -0.4 is 26.6 Å². The number of aromatic amines is 2. The number of aromatic nitrogens is 2. The number of carbonyl (C=O) groups is 3. The highest BCUT2D eigenvalue weighted by atomic mass is 16.6. The standard InChI is InChI=1S/C18H24N4O3.C13H16N4O/c1-18(2,3)25-17(24)22-9-11(10-22)21(4)14-6-5-13(16(19)23)15-12(14)7-8-20-15;1-17(8-6-15-7-8)11-3-2-10(13(14)18)12-9(11)4-5-16-12/h5-8,11,20H,9-10H2,1-4H3,(H2,19,23);2-5,8,15-16H,6-7H2,1H3,(H2,14,18). The van der Waals surface area contributed by atoms with E-state index in [9.17, 15) is 14.4 Å². The number of nitrogens with two attached hydrogens (primary N) is 2. The van der Waals surface area contributed by atoms with E-state index < -0.39 is 17.4 Å². The SMILES string of the molecule is CN(c1ccc(C(N)=O)c2[nH]ccc12)C1CN(C(=O)OC(C)(C)C)C1.CN(c1ccc(C(N)=O)c2[nH]ccc12)C1CNC1. The summed E-state index contributed by atoms with van der Waals surface area (Å²) >= 11 is 0. The molecular formula is C31H40N8O4. The van der Waals surface area contributed by atoms with Gasteiger partial charge in [-0.25, -0.2) is 4.79 Å². The Balaban J connectivity index is 0.000000180. The second-order valence-corrected chi connectivity index (χ2v) is 12.1. The number of hydrogen-bond donors (Lipinski definition) is 5. The molecule has 2 aromatic heterocycles. The van der Waals surface area contributed by atoms with Crippen molar-refractivity contribution in [1.29, 1.82) is 0 Å². The van der Waals surface area contributed by atoms with Gasteiger partial charge in [-0.15, -0.1) is 0 Å². The van der Waals surface area contributed by atoms with Gasteiger partial charge in [-0.1, -0.05) is 0 Å². The molecule has 2 fully saturated rings. The van der Waals surface area contributed by atoms with Gasteiger partial charge >= 0.3 is 6.09 Å². The Kier molecular flexibility index (Phi) is 7.98. The third-order valence-electron chi connectivity index (χ3n) is 8.06. The van der Waals surface area contributed by atoms with Crippen molar-refractivity contribution in [3.63, 3.8) is 0 Å². The molecule has 0 saturated carbocycles. The molecule has 0 aliphatic carbocycles. The number of fused-ring (bicyclic) bond motifs is 2. The number of benzene rings is 2. The highest BCUT2D eigenvalue weighted by molar-refractivity contribution is 6.09. The van der Waals surface area contributed by atoms with E-state index in [1.54, 1.807) is 23.2 Å². The molecule has 7 N–H and O–H groups in total. The van der Waals surface area contributed by atoms with Gasteiger partial charge in [-0.2, -0.15) is 0 Å². The fourth-order valence-electron chi connectivity index (χ4n) is 5.42. The summed E-state index contributed by atoms with van der Waals surface area (Å²) in [7, 11) is 4.07. The molecule has 6 rings (SSSR count). The smallest absolute Gasteiger partial charge is 0.410 e. The van der Waals surface area contributed by atoms with Crippen LogP contribution in [0.1, 0.15) is 41.5 Å². The van der Waals surface area contributed by atoms with Crippen molar-refractivity contribution in [2.45, 2.75) is 38.5 Å². The predicted molar refractivity (Wildman–Crippen MR) is 169 cm³/mol. The van der Waals surface area contributed by atoms with Crippen LogP contribution in [0.5, 0.6) is 0 Å². The number of rotatable bonds is 6. The van der Waals surface area contributed by atoms with Crippen LogP contribution in [-0.2, 0) is 4.74 Å². The summed E-state index contributed by atoms with van der Waals surface area (Å²) < 4.78 is 5.39. The molecule has 2 aromatic carbocycles. The number of ether oxygens (including phenoxy) is 1. The first-order chi connectivity index (χ1) is 20.4. The Hall–Kier alpha value is -4.71. The van der Waals surface area contributed by atoms with Crippen LogP contribution in [0.3, 0.4) is 0 Å². The third kappa shape index (κ3) is 5.96. The Bertz CT molecular complexity index is 1660. The first-order valence-electron chi connectivity index (χ1n) is 14.3. The number of anilines is 2. The van der Waals surface area contributed by atoms with Gasteiger partial charge in [0.15, 0.2) is 0 Å². The van der Waals surface area contributed by atoms with Crippen molar-refractivity contribution in [3.05, 3.63) is 59.9 Å². The second-order valence-electron chi connectivity index (χ2n) is 12.1. The molecule has 12 nitrogen and oxygen atoms in total. The second kappa shape index (κ2) is 11.5. The van der Waals surface area contributed by atoms with E-state index in [2.05, 4.69) is 32.1 Å². The molecule has 2 saturated heterocycles. The maximum atomic E-state index is 12.1. The topological polar surface area (TPSA) is 166 Å². The van der Waals surface area contributed by atoms with Crippen LogP contribution in [0.15, 0.2) is 48.8 Å². The zero-order valence-corrected chi connectivity index (χ0v) is 25.2. The van der Waals surface area contributed by atoms with Gasteiger partial charge in [0.1, 0.15) is 5.60 Å². The molecule has 2 aliphatic rings. The summed E-state index contributed by atoms with van der Waals surface area (Å²) in [5, 5.41) is 5.24. The molecule has 0 bridgehead atoms. The predicted octanol–water partition coefficient (Wildman–Crippen LogP) is 3.00. The Morgan fingerprint density at radius 1 is 0.791 bits per heavy atom. The van der Waals surface area contributed by atoms with Gasteiger partial charge in [0.25, 0.3) is 11.8 Å². The molecule has 0 atom stereocenters. The summed E-state index contributed by atoms with van der Waals surface area (Å²) in [5.41, 5.74) is 15.0. The molecule has 2 aliphatic heterocycles. The van der Waals surface area contributed by atoms with Crippen molar-refractivity contribution in [1.82, 2.24) is 20.2 Å². The van der Waals surface area contributed by atoms with Crippen LogP contribution in [0.2, 0.25) is 0 Å². The maximum absolute atomic E-state index is 12.1. The Morgan fingerprint density at radius 3 is 1.65 bits per heavy atom. The number of likely N-dealkylation sites (N-methyl/N-ethyl adjacent to an activating group) is 2. The lowest BCUT2D eigenvalue weighted by Gasteiger charge is -2.45. The number of carbonyl (C=O) groups excluding carboxylic acids is 3. The zero-order valence-electron chi connectivity index (χ0n) is 25.2. The number of H-pyrrole nitrogens is 2. The largest absolute Gasteiger partial charge is 0.444 e. The van der Waals surface area contributed by atoms with E-state index >= 15 is 0 Å². The molecule has 12 heteroatoms. The van der Waals surface area contributed by atoms with Crippen LogP contribution in [-0.4, -0.2) is 90.7 Å². The van der Waals surface area contributed by atoms with E-state index in [0.29, 0.717) is 30.3 Å². The van der Waals surface area contributed by atoms with E-state index in [0.717, 1.165) is 46.3 Å². The van der Waals surface area contributed by atoms with Gasteiger partial charge < -0.3 is 46.2 Å². The lowest BCUT2D eigenvalue weighted by Crippen LogP contribution is -2.61. The number of amides is 3. The molecule has 43 heavy (non-hydrogen) atoms. The molecule has 4 heterocycles. The molecule has 0 spiro atoms. The monoisotopic (exact) mass is 588 g/mol. The van der Waals surface area contributed by atoms with Crippen molar-refractivity contribution < 1.29 is 19.1 Å². The fraction of sp³-hybridized carbons (Fsp3) is 0.387. The first kappa shape index (κ1) is 29.8. The van der Waals surface area contributed by atoms with Crippen molar-refractivity contribution in [2.24, 2.45) is 11.5 Å². The molecule has 0 radical (unpaired) electrons. The fourth-order valence-corrected chi connectivity index (χ4v) is 5.42. The average molecular weight is 589 g/mol. The molecular weight excluding hydrogens is 548 g/mol. The summed E-state index contributed by atoms with van der Waals surface area (Å²) in [4.78, 5) is 47.2. The summed E-state index contributed by atoms with van der Waals surface area (Å²) in [6, 6.07) is 12.0. The van der Waals surface area contributed by atoms with Gasteiger partial charge in [0.05, 0.1) is 34.2 Å². The maximum Gasteiger partial charge on any atom is 0.410 e. The van der Waals surface area contributed by atoms with E-state index in [-0.39, 0.29) is 12.1 Å². The zero-order chi connectivity index (χ0) is 31.1. The quantitative estimate of drug-likeness (QED) is 0.231. The molecule has 3 amide bonds. The normalized spacial score (nSPS) is 15.3. The minimum atomic E-state index is -0.490. The molecule has 4 aromatic rings. The number of hydrogen-bond acceptors (Lipinski definition) is 7. The minimum absolute atomic E-state index is 0.199. The first-order valence-corrected chi connectivity index (χ1v) is 14.3. The van der Waals surface area contributed by atoms with Gasteiger partial charge in [0, 0.05) is 74.8 Å². The summed E-state index contributed by atoms with van der Waals surface area (Å²) in [5.74, 6) is -0.858. The number of primary amides is 2.